The summed E-state index contributed by atoms with van der Waals surface area (Å²) in [6.45, 7) is 8.59. The standard InChI is InChI=1S/C25H35N3O3/c1-5-19-12-14-20(15-13-19)27-25(30)28(21-10-8-7-9-11-21)16-22-17(3)23(26-18(22)4)24(29)31-6-2/h12-15,21,26H,5-11,16H2,1-4H3,(H,27,30). The molecule has 1 aliphatic carbocycles. The fourth-order valence-electron chi connectivity index (χ4n) is 4.38. The summed E-state index contributed by atoms with van der Waals surface area (Å²) in [5.74, 6) is -0.348. The summed E-state index contributed by atoms with van der Waals surface area (Å²) in [6.07, 6.45) is 6.49. The first kappa shape index (κ1) is 22.9. The largest absolute Gasteiger partial charge is 0.461 e. The molecule has 2 N–H and O–H groups in total. The lowest BCUT2D eigenvalue weighted by molar-refractivity contribution is 0.0519. The van der Waals surface area contributed by atoms with E-state index in [1.807, 2.05) is 43.0 Å². The zero-order valence-electron chi connectivity index (χ0n) is 19.2. The topological polar surface area (TPSA) is 74.4 Å². The molecule has 1 fully saturated rings. The zero-order valence-corrected chi connectivity index (χ0v) is 19.2. The minimum Gasteiger partial charge on any atom is -0.461 e. The molecule has 1 saturated carbocycles. The number of rotatable bonds is 7. The van der Waals surface area contributed by atoms with Gasteiger partial charge in [0.15, 0.2) is 0 Å². The molecule has 0 aliphatic heterocycles. The van der Waals surface area contributed by atoms with Crippen LogP contribution in [0.5, 0.6) is 0 Å². The molecular weight excluding hydrogens is 390 g/mol. The van der Waals surface area contributed by atoms with E-state index in [-0.39, 0.29) is 18.0 Å². The second-order valence-electron chi connectivity index (χ2n) is 8.35. The number of carbonyl (C=O) groups excluding carboxylic acids is 2. The third kappa shape index (κ3) is 5.49. The van der Waals surface area contributed by atoms with Crippen LogP contribution < -0.4 is 5.32 Å². The lowest BCUT2D eigenvalue weighted by Gasteiger charge is -2.34. The molecule has 0 radical (unpaired) electrons. The van der Waals surface area contributed by atoms with Crippen molar-refractivity contribution in [2.75, 3.05) is 11.9 Å². The summed E-state index contributed by atoms with van der Waals surface area (Å²) in [5, 5.41) is 3.08. The van der Waals surface area contributed by atoms with E-state index in [1.165, 1.54) is 12.0 Å². The molecule has 1 heterocycles. The highest BCUT2D eigenvalue weighted by Gasteiger charge is 2.28. The van der Waals surface area contributed by atoms with Crippen LogP contribution in [0.4, 0.5) is 10.5 Å². The molecule has 0 unspecified atom stereocenters. The number of nitrogens with zero attached hydrogens (tertiary/aromatic N) is 1. The van der Waals surface area contributed by atoms with E-state index >= 15 is 0 Å². The maximum Gasteiger partial charge on any atom is 0.355 e. The van der Waals surface area contributed by atoms with Crippen molar-refractivity contribution >= 4 is 17.7 Å². The zero-order chi connectivity index (χ0) is 22.4. The van der Waals surface area contributed by atoms with Crippen LogP contribution in [0.2, 0.25) is 0 Å². The number of H-pyrrole nitrogens is 1. The van der Waals surface area contributed by atoms with Crippen LogP contribution in [0.15, 0.2) is 24.3 Å². The van der Waals surface area contributed by atoms with Crippen LogP contribution in [0.1, 0.15) is 78.8 Å². The maximum absolute atomic E-state index is 13.3. The van der Waals surface area contributed by atoms with Gasteiger partial charge >= 0.3 is 12.0 Å². The second kappa shape index (κ2) is 10.5. The Bertz CT molecular complexity index is 895. The molecule has 6 heteroatoms. The third-order valence-electron chi connectivity index (χ3n) is 6.29. The number of aryl methyl sites for hydroxylation is 2. The number of hydrogen-bond donors (Lipinski definition) is 2. The van der Waals surface area contributed by atoms with E-state index in [9.17, 15) is 9.59 Å². The van der Waals surface area contributed by atoms with Gasteiger partial charge < -0.3 is 19.9 Å². The number of benzene rings is 1. The van der Waals surface area contributed by atoms with Gasteiger partial charge in [0.05, 0.1) is 6.61 Å². The first-order valence-corrected chi connectivity index (χ1v) is 11.5. The minimum atomic E-state index is -0.348. The number of esters is 1. The summed E-state index contributed by atoms with van der Waals surface area (Å²) in [5.41, 5.74) is 5.28. The summed E-state index contributed by atoms with van der Waals surface area (Å²) >= 11 is 0. The Labute approximate surface area is 185 Å². The Balaban J connectivity index is 1.84. The highest BCUT2D eigenvalue weighted by molar-refractivity contribution is 5.91. The van der Waals surface area contributed by atoms with Crippen molar-refractivity contribution in [1.82, 2.24) is 9.88 Å². The van der Waals surface area contributed by atoms with Crippen molar-refractivity contribution in [3.05, 3.63) is 52.3 Å². The number of aromatic nitrogens is 1. The highest BCUT2D eigenvalue weighted by atomic mass is 16.5. The SMILES string of the molecule is CCOC(=O)c1[nH]c(C)c(CN(C(=O)Nc2ccc(CC)cc2)C2CCCCC2)c1C. The van der Waals surface area contributed by atoms with Crippen LogP contribution in [-0.4, -0.2) is 34.5 Å². The molecule has 3 rings (SSSR count). The first-order chi connectivity index (χ1) is 14.9. The van der Waals surface area contributed by atoms with Crippen LogP contribution in [0, 0.1) is 13.8 Å². The number of nitrogens with one attached hydrogen (secondary N) is 2. The van der Waals surface area contributed by atoms with Gasteiger partial charge in [-0.25, -0.2) is 9.59 Å². The molecule has 0 atom stereocenters. The average molecular weight is 426 g/mol. The van der Waals surface area contributed by atoms with Crippen molar-refractivity contribution in [1.29, 1.82) is 0 Å². The number of amides is 2. The Morgan fingerprint density at radius 2 is 1.77 bits per heavy atom. The molecule has 0 saturated heterocycles. The van der Waals surface area contributed by atoms with Crippen LogP contribution in [0.25, 0.3) is 0 Å². The Morgan fingerprint density at radius 1 is 1.10 bits per heavy atom. The summed E-state index contributed by atoms with van der Waals surface area (Å²) in [4.78, 5) is 30.8. The number of hydrogen-bond acceptors (Lipinski definition) is 3. The number of aromatic amines is 1. The van der Waals surface area contributed by atoms with Gasteiger partial charge in [-0.2, -0.15) is 0 Å². The Kier molecular flexibility index (Phi) is 7.77. The smallest absolute Gasteiger partial charge is 0.355 e. The van der Waals surface area contributed by atoms with Gasteiger partial charge in [-0.1, -0.05) is 38.3 Å². The van der Waals surface area contributed by atoms with E-state index < -0.39 is 0 Å². The van der Waals surface area contributed by atoms with E-state index in [1.54, 1.807) is 6.92 Å². The molecule has 1 aromatic carbocycles. The van der Waals surface area contributed by atoms with Crippen LogP contribution >= 0.6 is 0 Å². The number of ether oxygens (including phenoxy) is 1. The van der Waals surface area contributed by atoms with Crippen molar-refractivity contribution in [2.45, 2.75) is 78.8 Å². The second-order valence-corrected chi connectivity index (χ2v) is 8.35. The summed E-state index contributed by atoms with van der Waals surface area (Å²) in [6, 6.07) is 8.12. The molecular formula is C25H35N3O3. The average Bonchev–Trinajstić information content (AvgIpc) is 3.06. The van der Waals surface area contributed by atoms with Gasteiger partial charge in [0.2, 0.25) is 0 Å². The lowest BCUT2D eigenvalue weighted by Crippen LogP contribution is -2.43. The molecule has 1 aromatic heterocycles. The monoisotopic (exact) mass is 425 g/mol. The van der Waals surface area contributed by atoms with Gasteiger partial charge in [-0.15, -0.1) is 0 Å². The van der Waals surface area contributed by atoms with Crippen LogP contribution in [-0.2, 0) is 17.7 Å². The van der Waals surface area contributed by atoms with Gasteiger partial charge in [0.1, 0.15) is 5.69 Å². The van der Waals surface area contributed by atoms with Crippen molar-refractivity contribution < 1.29 is 14.3 Å². The van der Waals surface area contributed by atoms with Crippen molar-refractivity contribution in [2.24, 2.45) is 0 Å². The van der Waals surface area contributed by atoms with E-state index in [4.69, 9.17) is 4.74 Å². The fourth-order valence-corrected chi connectivity index (χ4v) is 4.38. The molecule has 31 heavy (non-hydrogen) atoms. The van der Waals surface area contributed by atoms with E-state index in [0.717, 1.165) is 54.6 Å². The fraction of sp³-hybridized carbons (Fsp3) is 0.520. The first-order valence-electron chi connectivity index (χ1n) is 11.5. The molecule has 2 amide bonds. The minimum absolute atomic E-state index is 0.0890. The van der Waals surface area contributed by atoms with E-state index in [0.29, 0.717) is 18.8 Å². The van der Waals surface area contributed by atoms with Crippen molar-refractivity contribution in [3.8, 4) is 0 Å². The predicted octanol–water partition coefficient (Wildman–Crippen LogP) is 5.74. The van der Waals surface area contributed by atoms with E-state index in [2.05, 4.69) is 17.2 Å². The predicted molar refractivity (Wildman–Crippen MR) is 123 cm³/mol. The number of urea groups is 1. The number of carbonyl (C=O) groups is 2. The van der Waals surface area contributed by atoms with Gasteiger partial charge in [0.25, 0.3) is 0 Å². The van der Waals surface area contributed by atoms with Gasteiger partial charge in [-0.05, 0) is 68.9 Å². The Hall–Kier alpha value is -2.76. The summed E-state index contributed by atoms with van der Waals surface area (Å²) in [7, 11) is 0. The molecule has 168 valence electrons. The normalized spacial score (nSPS) is 14.3. The third-order valence-corrected chi connectivity index (χ3v) is 6.29. The maximum atomic E-state index is 13.3. The molecule has 0 spiro atoms. The molecule has 6 nitrogen and oxygen atoms in total. The molecule has 0 bridgehead atoms. The number of anilines is 1. The molecule has 2 aromatic rings. The van der Waals surface area contributed by atoms with Crippen LogP contribution in [0.3, 0.4) is 0 Å². The molecule has 1 aliphatic rings. The highest BCUT2D eigenvalue weighted by Crippen LogP contribution is 2.28. The van der Waals surface area contributed by atoms with Gasteiger partial charge in [-0.3, -0.25) is 0 Å². The van der Waals surface area contributed by atoms with Gasteiger partial charge in [0, 0.05) is 24.0 Å². The van der Waals surface area contributed by atoms with Crippen molar-refractivity contribution in [3.63, 3.8) is 0 Å². The Morgan fingerprint density at radius 3 is 2.39 bits per heavy atom. The quantitative estimate of drug-likeness (QED) is 0.556. The summed E-state index contributed by atoms with van der Waals surface area (Å²) < 4.78 is 5.18. The lowest BCUT2D eigenvalue weighted by atomic mass is 9.93.